The molecule has 8 heteroatoms. The minimum absolute atomic E-state index is 0.170. The summed E-state index contributed by atoms with van der Waals surface area (Å²) in [6.07, 6.45) is 3.37. The molecule has 2 aliphatic heterocycles. The van der Waals surface area contributed by atoms with Crippen LogP contribution in [0.3, 0.4) is 0 Å². The van der Waals surface area contributed by atoms with E-state index in [1.165, 1.54) is 30.3 Å². The van der Waals surface area contributed by atoms with Gasteiger partial charge in [-0.05, 0) is 32.3 Å². The summed E-state index contributed by atoms with van der Waals surface area (Å²) in [6.45, 7) is 5.87. The number of rotatable bonds is 3. The largest absolute Gasteiger partial charge is 0.339 e. The zero-order valence-corrected chi connectivity index (χ0v) is 15.6. The average Bonchev–Trinajstić information content (AvgIpc) is 2.64. The van der Waals surface area contributed by atoms with Gasteiger partial charge in [-0.15, -0.1) is 0 Å². The zero-order valence-electron chi connectivity index (χ0n) is 15.6. The Morgan fingerprint density at radius 3 is 2.50 bits per heavy atom. The first-order valence-electron chi connectivity index (χ1n) is 9.31. The molecule has 3 heterocycles. The number of likely N-dealkylation sites (tertiary alicyclic amines) is 1. The molecule has 0 radical (unpaired) electrons. The molecule has 0 saturated carbocycles. The SMILES string of the molecule is CC1CCCCN1C(=O)CN1CCN(C(=O)c2ccc(=O)n(C)n2)CC1. The Morgan fingerprint density at radius 2 is 1.85 bits per heavy atom. The average molecular weight is 361 g/mol. The number of piperidine rings is 1. The predicted molar refractivity (Wildman–Crippen MR) is 96.8 cm³/mol. The van der Waals surface area contributed by atoms with E-state index in [0.717, 1.165) is 19.4 Å². The van der Waals surface area contributed by atoms with Crippen LogP contribution in [0.5, 0.6) is 0 Å². The topological polar surface area (TPSA) is 78.8 Å². The molecule has 2 amide bonds. The van der Waals surface area contributed by atoms with Crippen molar-refractivity contribution in [3.05, 3.63) is 28.2 Å². The number of aryl methyl sites for hydroxylation is 1. The van der Waals surface area contributed by atoms with E-state index in [1.54, 1.807) is 4.90 Å². The molecule has 2 saturated heterocycles. The Labute approximate surface area is 153 Å². The third-order valence-electron chi connectivity index (χ3n) is 5.32. The van der Waals surface area contributed by atoms with Crippen LogP contribution in [0.25, 0.3) is 0 Å². The lowest BCUT2D eigenvalue weighted by molar-refractivity contribution is -0.136. The van der Waals surface area contributed by atoms with Gasteiger partial charge in [0.1, 0.15) is 5.69 Å². The lowest BCUT2D eigenvalue weighted by atomic mass is 10.0. The van der Waals surface area contributed by atoms with Gasteiger partial charge in [0, 0.05) is 51.9 Å². The predicted octanol–water partition coefficient (Wildman–Crippen LogP) is -0.0609. The van der Waals surface area contributed by atoms with Crippen LogP contribution < -0.4 is 5.56 Å². The molecule has 0 aliphatic carbocycles. The maximum absolute atomic E-state index is 12.5. The lowest BCUT2D eigenvalue weighted by Crippen LogP contribution is -2.53. The summed E-state index contributed by atoms with van der Waals surface area (Å²) in [6, 6.07) is 3.16. The smallest absolute Gasteiger partial charge is 0.274 e. The highest BCUT2D eigenvalue weighted by Crippen LogP contribution is 2.17. The van der Waals surface area contributed by atoms with E-state index >= 15 is 0 Å². The van der Waals surface area contributed by atoms with Gasteiger partial charge in [-0.1, -0.05) is 0 Å². The van der Waals surface area contributed by atoms with E-state index in [1.807, 2.05) is 4.90 Å². The van der Waals surface area contributed by atoms with Gasteiger partial charge in [0.25, 0.3) is 11.5 Å². The summed E-state index contributed by atoms with van der Waals surface area (Å²) in [5.74, 6) is 0.0212. The Bertz CT molecular complexity index is 724. The van der Waals surface area contributed by atoms with Crippen molar-refractivity contribution < 1.29 is 9.59 Å². The fourth-order valence-electron chi connectivity index (χ4n) is 3.64. The maximum Gasteiger partial charge on any atom is 0.274 e. The van der Waals surface area contributed by atoms with Crippen LogP contribution in [-0.4, -0.2) is 81.6 Å². The van der Waals surface area contributed by atoms with E-state index in [9.17, 15) is 14.4 Å². The molecular weight excluding hydrogens is 334 g/mol. The molecule has 2 aliphatic rings. The Hall–Kier alpha value is -2.22. The molecule has 1 atom stereocenters. The fraction of sp³-hybridized carbons (Fsp3) is 0.667. The van der Waals surface area contributed by atoms with Crippen molar-refractivity contribution in [3.8, 4) is 0 Å². The van der Waals surface area contributed by atoms with Crippen molar-refractivity contribution in [1.29, 1.82) is 0 Å². The van der Waals surface area contributed by atoms with Crippen molar-refractivity contribution in [1.82, 2.24) is 24.5 Å². The number of nitrogens with zero attached hydrogens (tertiary/aromatic N) is 5. The van der Waals surface area contributed by atoms with E-state index in [2.05, 4.69) is 16.9 Å². The highest BCUT2D eigenvalue weighted by atomic mass is 16.2. The van der Waals surface area contributed by atoms with Gasteiger partial charge in [0.05, 0.1) is 6.54 Å². The molecule has 3 rings (SSSR count). The van der Waals surface area contributed by atoms with E-state index in [4.69, 9.17) is 0 Å². The number of carbonyl (C=O) groups excluding carboxylic acids is 2. The van der Waals surface area contributed by atoms with Crippen molar-refractivity contribution in [2.75, 3.05) is 39.3 Å². The van der Waals surface area contributed by atoms with E-state index in [-0.39, 0.29) is 23.1 Å². The normalized spacial score (nSPS) is 21.7. The first kappa shape index (κ1) is 18.6. The van der Waals surface area contributed by atoms with Crippen LogP contribution in [0.1, 0.15) is 36.7 Å². The minimum atomic E-state index is -0.239. The number of amides is 2. The first-order valence-corrected chi connectivity index (χ1v) is 9.31. The van der Waals surface area contributed by atoms with Crippen LogP contribution in [0.2, 0.25) is 0 Å². The highest BCUT2D eigenvalue weighted by molar-refractivity contribution is 5.92. The molecule has 8 nitrogen and oxygen atoms in total. The van der Waals surface area contributed by atoms with Gasteiger partial charge in [0.15, 0.2) is 0 Å². The number of carbonyl (C=O) groups is 2. The van der Waals surface area contributed by atoms with Crippen LogP contribution in [-0.2, 0) is 11.8 Å². The second kappa shape index (κ2) is 7.99. The Kier molecular flexibility index (Phi) is 5.70. The Balaban J connectivity index is 1.52. The molecule has 0 aromatic carbocycles. The molecule has 1 unspecified atom stereocenters. The lowest BCUT2D eigenvalue weighted by Gasteiger charge is -2.38. The third kappa shape index (κ3) is 4.12. The summed E-state index contributed by atoms with van der Waals surface area (Å²) in [7, 11) is 1.53. The van der Waals surface area contributed by atoms with Gasteiger partial charge in [-0.2, -0.15) is 5.10 Å². The monoisotopic (exact) mass is 361 g/mol. The van der Waals surface area contributed by atoms with Crippen molar-refractivity contribution in [2.45, 2.75) is 32.2 Å². The number of aromatic nitrogens is 2. The van der Waals surface area contributed by atoms with Crippen LogP contribution in [0.4, 0.5) is 0 Å². The molecule has 1 aromatic heterocycles. The van der Waals surface area contributed by atoms with Gasteiger partial charge >= 0.3 is 0 Å². The summed E-state index contributed by atoms with van der Waals surface area (Å²) in [4.78, 5) is 42.3. The van der Waals surface area contributed by atoms with Crippen LogP contribution in [0.15, 0.2) is 16.9 Å². The summed E-state index contributed by atoms with van der Waals surface area (Å²) >= 11 is 0. The summed E-state index contributed by atoms with van der Waals surface area (Å²) in [5, 5.41) is 4.02. The van der Waals surface area contributed by atoms with Gasteiger partial charge in [0.2, 0.25) is 5.91 Å². The molecule has 0 N–H and O–H groups in total. The molecule has 2 fully saturated rings. The summed E-state index contributed by atoms with van der Waals surface area (Å²) in [5.41, 5.74) is 0.0376. The van der Waals surface area contributed by atoms with Gasteiger partial charge in [-0.25, -0.2) is 4.68 Å². The second-order valence-corrected chi connectivity index (χ2v) is 7.18. The van der Waals surface area contributed by atoms with Gasteiger partial charge in [-0.3, -0.25) is 19.3 Å². The second-order valence-electron chi connectivity index (χ2n) is 7.18. The van der Waals surface area contributed by atoms with E-state index < -0.39 is 0 Å². The first-order chi connectivity index (χ1) is 12.5. The van der Waals surface area contributed by atoms with Crippen molar-refractivity contribution in [3.63, 3.8) is 0 Å². The summed E-state index contributed by atoms with van der Waals surface area (Å²) < 4.78 is 1.17. The maximum atomic E-state index is 12.5. The van der Waals surface area contributed by atoms with Gasteiger partial charge < -0.3 is 9.80 Å². The fourth-order valence-corrected chi connectivity index (χ4v) is 3.64. The molecule has 26 heavy (non-hydrogen) atoms. The molecule has 0 bridgehead atoms. The number of hydrogen-bond acceptors (Lipinski definition) is 5. The number of piperazine rings is 1. The van der Waals surface area contributed by atoms with Crippen LogP contribution in [0, 0.1) is 0 Å². The van der Waals surface area contributed by atoms with E-state index in [0.29, 0.717) is 38.8 Å². The van der Waals surface area contributed by atoms with Crippen molar-refractivity contribution >= 4 is 11.8 Å². The third-order valence-corrected chi connectivity index (χ3v) is 5.32. The minimum Gasteiger partial charge on any atom is -0.339 e. The molecule has 142 valence electrons. The molecular formula is C18H27N5O3. The molecule has 0 spiro atoms. The highest BCUT2D eigenvalue weighted by Gasteiger charge is 2.28. The number of hydrogen-bond donors (Lipinski definition) is 0. The van der Waals surface area contributed by atoms with Crippen molar-refractivity contribution in [2.24, 2.45) is 7.05 Å². The standard InChI is InChI=1S/C18H27N5O3/c1-14-5-3-4-8-23(14)17(25)13-21-9-11-22(12-10-21)18(26)15-6-7-16(24)20(2)19-15/h6-7,14H,3-5,8-13H2,1-2H3. The zero-order chi connectivity index (χ0) is 18.7. The Morgan fingerprint density at radius 1 is 1.12 bits per heavy atom. The van der Waals surface area contributed by atoms with Crippen LogP contribution >= 0.6 is 0 Å². The molecule has 1 aromatic rings. The quantitative estimate of drug-likeness (QED) is 0.754.